The van der Waals surface area contributed by atoms with Crippen molar-refractivity contribution in [1.82, 2.24) is 0 Å². The van der Waals surface area contributed by atoms with E-state index >= 15 is 0 Å². The fourth-order valence-electron chi connectivity index (χ4n) is 3.92. The molecule has 0 aliphatic heterocycles. The highest BCUT2D eigenvalue weighted by Crippen LogP contribution is 2.15. The van der Waals surface area contributed by atoms with Crippen molar-refractivity contribution in [3.8, 4) is 0 Å². The van der Waals surface area contributed by atoms with Crippen LogP contribution in [0, 0.1) is 0 Å². The third-order valence-electron chi connectivity index (χ3n) is 5.61. The van der Waals surface area contributed by atoms with Crippen LogP contribution >= 0.6 is 0 Å². The van der Waals surface area contributed by atoms with E-state index in [9.17, 15) is 13.2 Å². The summed E-state index contributed by atoms with van der Waals surface area (Å²) in [5.41, 5.74) is 0. The molecule has 30 heavy (non-hydrogen) atoms. The zero-order valence-electron chi connectivity index (χ0n) is 19.7. The average molecular weight is 449 g/mol. The van der Waals surface area contributed by atoms with Gasteiger partial charge in [0.15, 0.2) is 0 Å². The smallest absolute Gasteiger partial charge is 0.302 e. The zero-order chi connectivity index (χ0) is 22.5. The molecular formula is C24H48O5S. The minimum Gasteiger partial charge on any atom is -0.461 e. The third-order valence-corrected chi connectivity index (χ3v) is 6.40. The van der Waals surface area contributed by atoms with Gasteiger partial charge in [0.25, 0.3) is 10.1 Å². The molecular weight excluding hydrogens is 400 g/mol. The van der Waals surface area contributed by atoms with Crippen molar-refractivity contribution in [2.75, 3.05) is 5.75 Å². The summed E-state index contributed by atoms with van der Waals surface area (Å²) in [7, 11) is -4.12. The molecule has 0 heterocycles. The van der Waals surface area contributed by atoms with Gasteiger partial charge in [-0.3, -0.25) is 9.35 Å². The first-order valence-corrected chi connectivity index (χ1v) is 14.1. The van der Waals surface area contributed by atoms with Gasteiger partial charge >= 0.3 is 5.97 Å². The molecule has 0 aromatic carbocycles. The molecule has 0 bridgehead atoms. The van der Waals surface area contributed by atoms with Gasteiger partial charge in [0, 0.05) is 6.92 Å². The minimum atomic E-state index is -4.12. The van der Waals surface area contributed by atoms with Crippen LogP contribution in [0.1, 0.15) is 136 Å². The van der Waals surface area contributed by atoms with Gasteiger partial charge in [-0.15, -0.1) is 0 Å². The topological polar surface area (TPSA) is 80.7 Å². The Morgan fingerprint density at radius 3 is 1.33 bits per heavy atom. The molecule has 6 heteroatoms. The highest BCUT2D eigenvalue weighted by Gasteiger charge is 2.19. The summed E-state index contributed by atoms with van der Waals surface area (Å²) in [5.74, 6) is -1.02. The van der Waals surface area contributed by atoms with E-state index in [-0.39, 0.29) is 0 Å². The van der Waals surface area contributed by atoms with Crippen LogP contribution in [0.15, 0.2) is 0 Å². The molecule has 0 amide bonds. The van der Waals surface area contributed by atoms with Crippen LogP contribution < -0.4 is 0 Å². The van der Waals surface area contributed by atoms with Crippen molar-refractivity contribution in [1.29, 1.82) is 0 Å². The average Bonchev–Trinajstić information content (AvgIpc) is 2.65. The zero-order valence-corrected chi connectivity index (χ0v) is 20.5. The van der Waals surface area contributed by atoms with Gasteiger partial charge in [0.2, 0.25) is 0 Å². The quantitative estimate of drug-likeness (QED) is 0.107. The lowest BCUT2D eigenvalue weighted by Crippen LogP contribution is -2.25. The van der Waals surface area contributed by atoms with Crippen LogP contribution in [0.2, 0.25) is 0 Å². The fourth-order valence-corrected chi connectivity index (χ4v) is 4.62. The number of hydrogen-bond acceptors (Lipinski definition) is 4. The fraction of sp³-hybridized carbons (Fsp3) is 0.958. The van der Waals surface area contributed by atoms with Crippen molar-refractivity contribution in [3.63, 3.8) is 0 Å². The second kappa shape index (κ2) is 20.3. The molecule has 1 atom stereocenters. The Balaban J connectivity index is 3.38. The highest BCUT2D eigenvalue weighted by atomic mass is 32.2. The van der Waals surface area contributed by atoms with Gasteiger partial charge in [-0.1, -0.05) is 116 Å². The summed E-state index contributed by atoms with van der Waals surface area (Å²) in [6.45, 7) is 3.52. The summed E-state index contributed by atoms with van der Waals surface area (Å²) in [4.78, 5) is 11.0. The molecule has 1 N–H and O–H groups in total. The first kappa shape index (κ1) is 29.4. The third kappa shape index (κ3) is 23.7. The van der Waals surface area contributed by atoms with Crippen LogP contribution in [-0.2, 0) is 19.6 Å². The summed E-state index contributed by atoms with van der Waals surface area (Å²) in [5, 5.41) is 0. The second-order valence-electron chi connectivity index (χ2n) is 8.78. The molecule has 0 aliphatic carbocycles. The maximum atomic E-state index is 11.0. The van der Waals surface area contributed by atoms with E-state index in [0.717, 1.165) is 19.3 Å². The Bertz CT molecular complexity index is 490. The van der Waals surface area contributed by atoms with Crippen molar-refractivity contribution in [2.45, 2.75) is 142 Å². The number of hydrogen-bond donors (Lipinski definition) is 1. The maximum Gasteiger partial charge on any atom is 0.302 e. The highest BCUT2D eigenvalue weighted by molar-refractivity contribution is 7.85. The largest absolute Gasteiger partial charge is 0.461 e. The summed E-state index contributed by atoms with van der Waals surface area (Å²) < 4.78 is 35.9. The lowest BCUT2D eigenvalue weighted by molar-refractivity contribution is -0.145. The van der Waals surface area contributed by atoms with Crippen molar-refractivity contribution in [2.24, 2.45) is 0 Å². The van der Waals surface area contributed by atoms with Crippen LogP contribution in [0.5, 0.6) is 0 Å². The number of rotatable bonds is 22. The molecule has 0 saturated heterocycles. The van der Waals surface area contributed by atoms with E-state index in [4.69, 9.17) is 9.29 Å². The molecule has 0 radical (unpaired) electrons. The number of carbonyl (C=O) groups excluding carboxylic acids is 1. The van der Waals surface area contributed by atoms with Gasteiger partial charge in [-0.2, -0.15) is 8.42 Å². The molecule has 0 aliphatic rings. The Hall–Kier alpha value is -0.620. The number of esters is 1. The summed E-state index contributed by atoms with van der Waals surface area (Å²) in [6.07, 6.45) is 23.1. The first-order valence-electron chi connectivity index (χ1n) is 12.5. The van der Waals surface area contributed by atoms with E-state index in [1.165, 1.54) is 103 Å². The molecule has 0 aromatic rings. The number of ether oxygens (including phenoxy) is 1. The Kier molecular flexibility index (Phi) is 19.9. The molecule has 180 valence electrons. The van der Waals surface area contributed by atoms with Gasteiger partial charge in [0.05, 0.1) is 0 Å². The maximum absolute atomic E-state index is 11.0. The second-order valence-corrected chi connectivity index (χ2v) is 10.3. The van der Waals surface area contributed by atoms with Gasteiger partial charge < -0.3 is 4.74 Å². The standard InChI is InChI=1S/C24H48O5S/c1-3-4-5-6-7-8-9-10-11-12-13-14-15-16-17-18-19-20-21-24(29-23(2)25)22-30(26,27)28/h24H,3-22H2,1-2H3,(H,26,27,28). The normalized spacial score (nSPS) is 12.8. The van der Waals surface area contributed by atoms with E-state index in [1.54, 1.807) is 0 Å². The molecule has 1 unspecified atom stereocenters. The molecule has 5 nitrogen and oxygen atoms in total. The predicted molar refractivity (Wildman–Crippen MR) is 125 cm³/mol. The Morgan fingerprint density at radius 2 is 1.03 bits per heavy atom. The van der Waals surface area contributed by atoms with Gasteiger partial charge in [0.1, 0.15) is 11.9 Å². The minimum absolute atomic E-state index is 0.484. The Morgan fingerprint density at radius 1 is 0.700 bits per heavy atom. The molecule has 0 rings (SSSR count). The first-order chi connectivity index (χ1) is 14.3. The number of unbranched alkanes of at least 4 members (excludes halogenated alkanes) is 17. The SMILES string of the molecule is CCCCCCCCCCCCCCCCCCCCC(CS(=O)(=O)O)OC(C)=O. The van der Waals surface area contributed by atoms with Crippen LogP contribution in [-0.4, -0.2) is 30.8 Å². The van der Waals surface area contributed by atoms with E-state index in [1.807, 2.05) is 0 Å². The molecule has 0 aromatic heterocycles. The molecule has 0 saturated carbocycles. The van der Waals surface area contributed by atoms with Crippen molar-refractivity contribution in [3.05, 3.63) is 0 Å². The van der Waals surface area contributed by atoms with E-state index < -0.39 is 27.9 Å². The van der Waals surface area contributed by atoms with Crippen molar-refractivity contribution >= 4 is 16.1 Å². The van der Waals surface area contributed by atoms with E-state index in [0.29, 0.717) is 6.42 Å². The summed E-state index contributed by atoms with van der Waals surface area (Å²) in [6, 6.07) is 0. The van der Waals surface area contributed by atoms with Crippen LogP contribution in [0.4, 0.5) is 0 Å². The lowest BCUT2D eigenvalue weighted by atomic mass is 10.0. The molecule has 0 spiro atoms. The molecule has 0 fully saturated rings. The monoisotopic (exact) mass is 448 g/mol. The van der Waals surface area contributed by atoms with Gasteiger partial charge in [-0.25, -0.2) is 0 Å². The number of carbonyl (C=O) groups is 1. The van der Waals surface area contributed by atoms with E-state index in [2.05, 4.69) is 6.92 Å². The summed E-state index contributed by atoms with van der Waals surface area (Å²) >= 11 is 0. The Labute approximate surface area is 186 Å². The lowest BCUT2D eigenvalue weighted by Gasteiger charge is -2.15. The predicted octanol–water partition coefficient (Wildman–Crippen LogP) is 7.24. The van der Waals surface area contributed by atoms with Crippen molar-refractivity contribution < 1.29 is 22.5 Å². The van der Waals surface area contributed by atoms with Crippen LogP contribution in [0.3, 0.4) is 0 Å². The van der Waals surface area contributed by atoms with Gasteiger partial charge in [-0.05, 0) is 12.8 Å². The van der Waals surface area contributed by atoms with Crippen LogP contribution in [0.25, 0.3) is 0 Å².